The molecule has 4 N–H and O–H groups in total. The third kappa shape index (κ3) is 16.9. The molecule has 0 radical (unpaired) electrons. The molecule has 2 saturated heterocycles. The molecule has 0 bridgehead atoms. The molecule has 4 aromatic rings. The van der Waals surface area contributed by atoms with E-state index in [1.165, 1.54) is 16.4 Å². The number of esters is 1. The van der Waals surface area contributed by atoms with Crippen LogP contribution < -0.4 is 21.3 Å². The van der Waals surface area contributed by atoms with Gasteiger partial charge in [-0.15, -0.1) is 16.3 Å². The van der Waals surface area contributed by atoms with Crippen LogP contribution >= 0.6 is 11.3 Å². The number of aromatic nitrogens is 4. The Morgan fingerprint density at radius 3 is 1.96 bits per heavy atom. The minimum atomic E-state index is -1.55. The quantitative estimate of drug-likeness (QED) is 0.0223. The Labute approximate surface area is 467 Å². The number of alkyl carbamates (subject to hydrolysis) is 1. The zero-order valence-electron chi connectivity index (χ0n) is 47.0. The van der Waals surface area contributed by atoms with E-state index in [1.807, 2.05) is 60.7 Å². The summed E-state index contributed by atoms with van der Waals surface area (Å²) in [5, 5.41) is 25.4. The van der Waals surface area contributed by atoms with Crippen molar-refractivity contribution in [2.75, 3.05) is 25.0 Å². The van der Waals surface area contributed by atoms with E-state index in [2.05, 4.69) is 46.6 Å². The first-order valence-electron chi connectivity index (χ1n) is 26.0. The van der Waals surface area contributed by atoms with Gasteiger partial charge in [0.05, 0.1) is 25.3 Å². The number of aliphatic imine (C=N–C) groups is 1. The lowest BCUT2D eigenvalue weighted by Gasteiger charge is -2.43. The average molecular weight is 1130 g/mol. The number of hydrogen-bond acceptors (Lipinski definition) is 18. The van der Waals surface area contributed by atoms with Crippen molar-refractivity contribution in [2.45, 2.75) is 155 Å². The van der Waals surface area contributed by atoms with Crippen molar-refractivity contribution in [3.05, 3.63) is 94.8 Å². The number of anilines is 1. The molecule has 0 spiro atoms. The van der Waals surface area contributed by atoms with Gasteiger partial charge in [-0.05, 0) is 94.2 Å². The SMILES string of the molecule is CC(C)(C)OC(=O)N=C(N1CC(CNC(=O)OC(C)(C)C)C1)N(Cc1cnn(C[C@H]2NC(=O)[C@H]2NC(=O)/C(=N/OC2(C(=O)OC(c3ccccc3)c3ccccc3)CC2)c2csc(NC(=O)OC(C)(C)C)n2)n1)C(=O)OC(C)(C)C. The summed E-state index contributed by atoms with van der Waals surface area (Å²) in [6.07, 6.45) is -2.17. The van der Waals surface area contributed by atoms with E-state index in [1.54, 1.807) is 88.0 Å². The van der Waals surface area contributed by atoms with Crippen LogP contribution in [0.1, 0.15) is 125 Å². The number of rotatable bonds is 16. The third-order valence-corrected chi connectivity index (χ3v) is 12.3. The number of carbonyl (C=O) groups excluding carboxylic acids is 7. The molecule has 0 unspecified atom stereocenters. The number of β-lactam (4-membered cyclic amide) rings is 1. The van der Waals surface area contributed by atoms with E-state index in [0.29, 0.717) is 0 Å². The summed E-state index contributed by atoms with van der Waals surface area (Å²) in [6, 6.07) is 16.4. The summed E-state index contributed by atoms with van der Waals surface area (Å²) in [6.45, 7) is 20.9. The van der Waals surface area contributed by atoms with Crippen LogP contribution in [0.2, 0.25) is 0 Å². The lowest BCUT2D eigenvalue weighted by atomic mass is 9.98. The van der Waals surface area contributed by atoms with Crippen molar-refractivity contribution in [1.82, 2.24) is 45.7 Å². The van der Waals surface area contributed by atoms with Crippen molar-refractivity contribution < 1.29 is 62.1 Å². The maximum atomic E-state index is 14.4. The van der Waals surface area contributed by atoms with Gasteiger partial charge >= 0.3 is 30.3 Å². The van der Waals surface area contributed by atoms with Gasteiger partial charge in [-0.25, -0.2) is 33.9 Å². The number of carbonyl (C=O) groups is 7. The van der Waals surface area contributed by atoms with Crippen LogP contribution in [0.4, 0.5) is 24.3 Å². The van der Waals surface area contributed by atoms with Crippen LogP contribution in [0, 0.1) is 5.92 Å². The molecule has 80 heavy (non-hydrogen) atoms. The Morgan fingerprint density at radius 2 is 1.40 bits per heavy atom. The van der Waals surface area contributed by atoms with Crippen LogP contribution in [0.25, 0.3) is 0 Å². The lowest BCUT2D eigenvalue weighted by molar-refractivity contribution is -0.164. The highest BCUT2D eigenvalue weighted by Gasteiger charge is 2.57. The van der Waals surface area contributed by atoms with Gasteiger partial charge in [0.2, 0.25) is 17.5 Å². The second-order valence-electron chi connectivity index (χ2n) is 23.4. The summed E-state index contributed by atoms with van der Waals surface area (Å²) in [4.78, 5) is 113. The predicted octanol–water partition coefficient (Wildman–Crippen LogP) is 6.84. The fourth-order valence-corrected chi connectivity index (χ4v) is 8.50. The van der Waals surface area contributed by atoms with Gasteiger partial charge < -0.3 is 49.4 Å². The maximum absolute atomic E-state index is 14.4. The zero-order chi connectivity index (χ0) is 58.4. The summed E-state index contributed by atoms with van der Waals surface area (Å²) in [5.74, 6) is -2.37. The lowest BCUT2D eigenvalue weighted by Crippen LogP contribution is -2.70. The normalized spacial score (nSPS) is 17.4. The summed E-state index contributed by atoms with van der Waals surface area (Å²) in [7, 11) is 0. The smallest absolute Gasteiger partial charge is 0.437 e. The van der Waals surface area contributed by atoms with Crippen molar-refractivity contribution in [2.24, 2.45) is 16.1 Å². The molecule has 3 aliphatic rings. The van der Waals surface area contributed by atoms with E-state index in [9.17, 15) is 33.6 Å². The first-order chi connectivity index (χ1) is 37.4. The average Bonchev–Trinajstić information content (AvgIpc) is 3.95. The maximum Gasteiger partial charge on any atom is 0.437 e. The monoisotopic (exact) mass is 1130 g/mol. The number of guanidine groups is 1. The minimum Gasteiger partial charge on any atom is -0.450 e. The number of hydrogen-bond donors (Lipinski definition) is 4. The number of nitrogens with one attached hydrogen (secondary N) is 4. The topological polar surface area (TPSA) is 298 Å². The molecule has 7 rings (SSSR count). The van der Waals surface area contributed by atoms with Crippen LogP contribution in [0.5, 0.6) is 0 Å². The molecular formula is C54H70N12O13S. The fraction of sp³-hybridized carbons (Fsp3) is 0.519. The summed E-state index contributed by atoms with van der Waals surface area (Å²) in [5.41, 5.74) is -3.79. The van der Waals surface area contributed by atoms with Crippen molar-refractivity contribution in [1.29, 1.82) is 0 Å². The van der Waals surface area contributed by atoms with E-state index >= 15 is 0 Å². The second kappa shape index (κ2) is 24.1. The van der Waals surface area contributed by atoms with Crippen LogP contribution in [-0.4, -0.2) is 143 Å². The summed E-state index contributed by atoms with van der Waals surface area (Å²) < 4.78 is 28.2. The number of nitrogens with zero attached hydrogens (tertiary/aromatic N) is 8. The standard InChI is InChI=1S/C54H70N12O13S/c1-50(2,3)75-46(70)55-25-32-27-64(28-32)45(61-48(72)77-52(7,8)9)65(49(73)78-53(10,11)12)29-35-26-56-66(62-35)30-36-38(41(67)57-36)59-42(68)39(37-31-80-44(58-37)60-47(71)76-51(4,5)6)63-79-54(23-24-54)43(69)74-40(33-19-15-13-16-20-33)34-21-17-14-18-22-34/h13-22,26,31-32,36,38,40H,23-25,27-30H2,1-12H3,(H,55,70)(H,57,67)(H,59,68)(H,58,60,71)/b61-45?,63-39+/t36-,38+/m1/s1. The van der Waals surface area contributed by atoms with Crippen molar-refractivity contribution in [3.63, 3.8) is 0 Å². The van der Waals surface area contributed by atoms with Gasteiger partial charge in [0.1, 0.15) is 39.8 Å². The number of ether oxygens (including phenoxy) is 5. The third-order valence-electron chi connectivity index (χ3n) is 11.6. The molecule has 2 aromatic carbocycles. The Kier molecular flexibility index (Phi) is 17.9. The van der Waals surface area contributed by atoms with E-state index in [0.717, 1.165) is 27.4 Å². The number of amides is 6. The second-order valence-corrected chi connectivity index (χ2v) is 24.2. The number of likely N-dealkylation sites (tertiary alicyclic amines) is 1. The molecular weight excluding hydrogens is 1060 g/mol. The number of oxime groups is 1. The van der Waals surface area contributed by atoms with Gasteiger partial charge in [-0.2, -0.15) is 15.0 Å². The molecule has 6 amide bonds. The first kappa shape index (κ1) is 59.5. The highest BCUT2D eigenvalue weighted by molar-refractivity contribution is 7.14. The van der Waals surface area contributed by atoms with Gasteiger partial charge in [-0.1, -0.05) is 65.8 Å². The predicted molar refractivity (Wildman–Crippen MR) is 291 cm³/mol. The summed E-state index contributed by atoms with van der Waals surface area (Å²) >= 11 is 0.964. The molecule has 4 heterocycles. The van der Waals surface area contributed by atoms with E-state index < -0.39 is 94.1 Å². The van der Waals surface area contributed by atoms with Gasteiger partial charge in [-0.3, -0.25) is 14.9 Å². The highest BCUT2D eigenvalue weighted by atomic mass is 32.1. The number of benzene rings is 2. The molecule has 2 aromatic heterocycles. The molecule has 430 valence electrons. The Bertz CT molecular complexity index is 2920. The molecule has 3 fully saturated rings. The van der Waals surface area contributed by atoms with E-state index in [-0.39, 0.29) is 74.0 Å². The molecule has 25 nitrogen and oxygen atoms in total. The van der Waals surface area contributed by atoms with Gasteiger partial charge in [0.25, 0.3) is 5.91 Å². The molecule has 26 heteroatoms. The molecule has 2 atom stereocenters. The largest absolute Gasteiger partial charge is 0.450 e. The van der Waals surface area contributed by atoms with Crippen molar-refractivity contribution >= 4 is 70.3 Å². The van der Waals surface area contributed by atoms with Crippen LogP contribution in [0.3, 0.4) is 0 Å². The van der Waals surface area contributed by atoms with Crippen molar-refractivity contribution in [3.8, 4) is 0 Å². The Hall–Kier alpha value is -8.16. The Morgan fingerprint density at radius 1 is 0.812 bits per heavy atom. The van der Waals surface area contributed by atoms with Gasteiger partial charge in [0.15, 0.2) is 16.9 Å². The van der Waals surface area contributed by atoms with Crippen LogP contribution in [-0.2, 0) is 56.0 Å². The fourth-order valence-electron chi connectivity index (χ4n) is 7.82. The van der Waals surface area contributed by atoms with Crippen LogP contribution in [0.15, 0.2) is 82.4 Å². The molecule has 1 saturated carbocycles. The zero-order valence-corrected chi connectivity index (χ0v) is 47.8. The first-order valence-corrected chi connectivity index (χ1v) is 26.9. The Balaban J connectivity index is 1.09. The number of thiazole rings is 1. The van der Waals surface area contributed by atoms with Gasteiger partial charge in [0, 0.05) is 43.8 Å². The molecule has 2 aliphatic heterocycles. The van der Waals surface area contributed by atoms with E-state index in [4.69, 9.17) is 28.5 Å². The minimum absolute atomic E-state index is 0.0545. The molecule has 1 aliphatic carbocycles. The highest BCUT2D eigenvalue weighted by Crippen LogP contribution is 2.43.